The average Bonchev–Trinajstić information content (AvgIpc) is 2.15. The Morgan fingerprint density at radius 2 is 2.20 bits per heavy atom. The van der Waals surface area contributed by atoms with Crippen LogP contribution in [0, 0.1) is 10.1 Å². The van der Waals surface area contributed by atoms with Crippen LogP contribution < -0.4 is 5.56 Å². The van der Waals surface area contributed by atoms with Crippen LogP contribution in [0.5, 0.6) is 0 Å². The number of halogens is 2. The molecule has 0 aromatic carbocycles. The van der Waals surface area contributed by atoms with E-state index in [1.165, 1.54) is 0 Å². The number of nitrogens with one attached hydrogen (secondary N) is 1. The van der Waals surface area contributed by atoms with Gasteiger partial charge >= 0.3 is 11.2 Å². The van der Waals surface area contributed by atoms with Crippen LogP contribution in [0.15, 0.2) is 11.0 Å². The van der Waals surface area contributed by atoms with E-state index in [9.17, 15) is 23.7 Å². The Bertz CT molecular complexity index is 443. The second kappa shape index (κ2) is 4.13. The molecule has 0 saturated carbocycles. The minimum Gasteiger partial charge on any atom is -0.391 e. The zero-order chi connectivity index (χ0) is 11.6. The molecule has 15 heavy (non-hydrogen) atoms. The molecule has 0 aliphatic rings. The van der Waals surface area contributed by atoms with Crippen molar-refractivity contribution in [1.29, 1.82) is 0 Å². The maximum atomic E-state index is 12.3. The summed E-state index contributed by atoms with van der Waals surface area (Å²) in [7, 11) is 0. The third-order valence-electron chi connectivity index (χ3n) is 1.78. The Morgan fingerprint density at radius 1 is 1.60 bits per heavy atom. The number of hydrogen-bond acceptors (Lipinski definition) is 4. The van der Waals surface area contributed by atoms with Gasteiger partial charge in [-0.05, 0) is 0 Å². The van der Waals surface area contributed by atoms with Crippen molar-refractivity contribution >= 4 is 5.69 Å². The molecule has 0 amide bonds. The highest BCUT2D eigenvalue weighted by atomic mass is 19.3. The Morgan fingerprint density at radius 3 is 2.60 bits per heavy atom. The summed E-state index contributed by atoms with van der Waals surface area (Å²) in [5.74, 6) is 0. The van der Waals surface area contributed by atoms with Gasteiger partial charge in [0.2, 0.25) is 0 Å². The molecule has 0 spiro atoms. The predicted octanol–water partition coefficient (Wildman–Crippen LogP) is 0.713. The first-order valence-corrected chi connectivity index (χ1v) is 3.77. The second-order valence-corrected chi connectivity index (χ2v) is 2.62. The van der Waals surface area contributed by atoms with Crippen molar-refractivity contribution in [3.8, 4) is 0 Å². The Labute approximate surface area is 81.3 Å². The summed E-state index contributed by atoms with van der Waals surface area (Å²) in [5.41, 5.74) is -3.56. The number of pyridine rings is 1. The average molecular weight is 220 g/mol. The van der Waals surface area contributed by atoms with E-state index in [-0.39, 0.29) is 0 Å². The number of aromatic nitrogens is 1. The van der Waals surface area contributed by atoms with Gasteiger partial charge in [-0.15, -0.1) is 0 Å². The van der Waals surface area contributed by atoms with Gasteiger partial charge in [-0.1, -0.05) is 0 Å². The van der Waals surface area contributed by atoms with Gasteiger partial charge in [-0.3, -0.25) is 14.9 Å². The highest BCUT2D eigenvalue weighted by molar-refractivity contribution is 5.42. The summed E-state index contributed by atoms with van der Waals surface area (Å²) in [6.45, 7) is -0.986. The molecule has 0 fully saturated rings. The Balaban J connectivity index is 3.54. The van der Waals surface area contributed by atoms with Gasteiger partial charge in [0.05, 0.1) is 17.1 Å². The molecule has 1 aromatic rings. The first-order chi connectivity index (χ1) is 6.99. The lowest BCUT2D eigenvalue weighted by Gasteiger charge is -2.05. The lowest BCUT2D eigenvalue weighted by molar-refractivity contribution is -0.387. The number of hydrogen-bond donors (Lipinski definition) is 2. The molecular weight excluding hydrogens is 214 g/mol. The van der Waals surface area contributed by atoms with Crippen molar-refractivity contribution in [1.82, 2.24) is 4.98 Å². The zero-order valence-corrected chi connectivity index (χ0v) is 7.24. The van der Waals surface area contributed by atoms with E-state index >= 15 is 0 Å². The van der Waals surface area contributed by atoms with Crippen molar-refractivity contribution in [2.75, 3.05) is 0 Å². The van der Waals surface area contributed by atoms with Crippen LogP contribution in [0.4, 0.5) is 14.5 Å². The third-order valence-corrected chi connectivity index (χ3v) is 1.78. The standard InChI is InChI=1S/C7H6F2N2O4/c8-6(9)3-1-10-7(13)5(11(14)15)4(3)2-12/h1,6,12H,2H2,(H,10,13). The molecule has 1 aromatic heterocycles. The van der Waals surface area contributed by atoms with Crippen molar-refractivity contribution in [2.24, 2.45) is 0 Å². The van der Waals surface area contributed by atoms with Crippen molar-refractivity contribution in [3.05, 3.63) is 37.8 Å². The molecule has 0 bridgehead atoms. The number of aromatic amines is 1. The number of nitrogens with zero attached hydrogens (tertiary/aromatic N) is 1. The van der Waals surface area contributed by atoms with Crippen LogP contribution >= 0.6 is 0 Å². The van der Waals surface area contributed by atoms with Crippen LogP contribution in [-0.4, -0.2) is 15.0 Å². The summed E-state index contributed by atoms with van der Waals surface area (Å²) in [6.07, 6.45) is -2.34. The van der Waals surface area contributed by atoms with Gasteiger partial charge in [0.25, 0.3) is 6.43 Å². The molecule has 82 valence electrons. The summed E-state index contributed by atoms with van der Waals surface area (Å²) < 4.78 is 24.7. The summed E-state index contributed by atoms with van der Waals surface area (Å²) in [4.78, 5) is 22.1. The van der Waals surface area contributed by atoms with Gasteiger partial charge in [0.15, 0.2) is 0 Å². The summed E-state index contributed by atoms with van der Waals surface area (Å²) >= 11 is 0. The van der Waals surface area contributed by atoms with E-state index in [2.05, 4.69) is 0 Å². The van der Waals surface area contributed by atoms with Crippen molar-refractivity contribution in [3.63, 3.8) is 0 Å². The lowest BCUT2D eigenvalue weighted by Crippen LogP contribution is -2.16. The van der Waals surface area contributed by atoms with E-state index in [1.807, 2.05) is 4.98 Å². The molecule has 0 aliphatic heterocycles. The van der Waals surface area contributed by atoms with Gasteiger partial charge in [-0.2, -0.15) is 0 Å². The van der Waals surface area contributed by atoms with Crippen LogP contribution in [0.1, 0.15) is 17.6 Å². The SMILES string of the molecule is O=c1[nH]cc(C(F)F)c(CO)c1[N+](=O)[O-]. The van der Waals surface area contributed by atoms with Gasteiger partial charge in [0, 0.05) is 11.8 Å². The minimum atomic E-state index is -3.00. The number of rotatable bonds is 3. The van der Waals surface area contributed by atoms with E-state index in [1.54, 1.807) is 0 Å². The zero-order valence-electron chi connectivity index (χ0n) is 7.24. The predicted molar refractivity (Wildman–Crippen MR) is 44.6 cm³/mol. The highest BCUT2D eigenvalue weighted by Crippen LogP contribution is 2.26. The van der Waals surface area contributed by atoms with Crippen LogP contribution in [0.3, 0.4) is 0 Å². The fraction of sp³-hybridized carbons (Fsp3) is 0.286. The topological polar surface area (TPSA) is 96.2 Å². The van der Waals surface area contributed by atoms with Gasteiger partial charge in [-0.25, -0.2) is 8.78 Å². The lowest BCUT2D eigenvalue weighted by atomic mass is 10.1. The molecule has 8 heteroatoms. The molecule has 0 aliphatic carbocycles. The number of aliphatic hydroxyl groups is 1. The maximum Gasteiger partial charge on any atom is 0.339 e. The van der Waals surface area contributed by atoms with Crippen LogP contribution in [0.2, 0.25) is 0 Å². The summed E-state index contributed by atoms with van der Waals surface area (Å²) in [5, 5.41) is 19.1. The van der Waals surface area contributed by atoms with Crippen LogP contribution in [-0.2, 0) is 6.61 Å². The van der Waals surface area contributed by atoms with Crippen LogP contribution in [0.25, 0.3) is 0 Å². The fourth-order valence-electron chi connectivity index (χ4n) is 1.13. The summed E-state index contributed by atoms with van der Waals surface area (Å²) in [6, 6.07) is 0. The molecule has 0 atom stereocenters. The molecule has 2 N–H and O–H groups in total. The molecule has 6 nitrogen and oxygen atoms in total. The first-order valence-electron chi connectivity index (χ1n) is 3.77. The van der Waals surface area contributed by atoms with E-state index < -0.39 is 40.3 Å². The number of aliphatic hydroxyl groups excluding tert-OH is 1. The number of alkyl halides is 2. The monoisotopic (exact) mass is 220 g/mol. The van der Waals surface area contributed by atoms with Gasteiger partial charge in [0.1, 0.15) is 0 Å². The van der Waals surface area contributed by atoms with Gasteiger partial charge < -0.3 is 10.1 Å². The maximum absolute atomic E-state index is 12.3. The minimum absolute atomic E-state index is 0.654. The molecule has 0 radical (unpaired) electrons. The van der Waals surface area contributed by atoms with E-state index in [0.717, 1.165) is 0 Å². The number of H-pyrrole nitrogens is 1. The smallest absolute Gasteiger partial charge is 0.339 e. The Hall–Kier alpha value is -1.83. The molecule has 1 rings (SSSR count). The van der Waals surface area contributed by atoms with Crippen molar-refractivity contribution < 1.29 is 18.8 Å². The molecule has 0 saturated heterocycles. The van der Waals surface area contributed by atoms with E-state index in [4.69, 9.17) is 5.11 Å². The normalized spacial score (nSPS) is 10.7. The quantitative estimate of drug-likeness (QED) is 0.579. The molecular formula is C7H6F2N2O4. The largest absolute Gasteiger partial charge is 0.391 e. The van der Waals surface area contributed by atoms with Crippen molar-refractivity contribution in [2.45, 2.75) is 13.0 Å². The third kappa shape index (κ3) is 1.99. The first kappa shape index (κ1) is 11.2. The Kier molecular flexibility index (Phi) is 3.10. The molecule has 0 unspecified atom stereocenters. The van der Waals surface area contributed by atoms with E-state index in [0.29, 0.717) is 6.20 Å². The number of nitro groups is 1. The molecule has 1 heterocycles. The second-order valence-electron chi connectivity index (χ2n) is 2.62. The fourth-order valence-corrected chi connectivity index (χ4v) is 1.13. The highest BCUT2D eigenvalue weighted by Gasteiger charge is 2.25.